The Balaban J connectivity index is 1.24. The molecule has 1 saturated carbocycles. The molecular formula is C24H28N4O2. The van der Waals surface area contributed by atoms with Crippen molar-refractivity contribution in [3.63, 3.8) is 0 Å². The van der Waals surface area contributed by atoms with Gasteiger partial charge < -0.3 is 10.6 Å². The summed E-state index contributed by atoms with van der Waals surface area (Å²) >= 11 is 0. The van der Waals surface area contributed by atoms with Crippen LogP contribution in [0.5, 0.6) is 0 Å². The predicted octanol–water partition coefficient (Wildman–Crippen LogP) is 3.42. The van der Waals surface area contributed by atoms with Gasteiger partial charge in [-0.05, 0) is 73.2 Å². The molecule has 30 heavy (non-hydrogen) atoms. The van der Waals surface area contributed by atoms with E-state index in [0.29, 0.717) is 18.7 Å². The minimum atomic E-state index is -0.128. The molecule has 2 fully saturated rings. The highest BCUT2D eigenvalue weighted by atomic mass is 16.2. The van der Waals surface area contributed by atoms with E-state index < -0.39 is 0 Å². The van der Waals surface area contributed by atoms with Gasteiger partial charge in [0.25, 0.3) is 5.91 Å². The molecule has 5 rings (SSSR count). The maximum absolute atomic E-state index is 12.7. The van der Waals surface area contributed by atoms with Crippen LogP contribution in [0.1, 0.15) is 40.7 Å². The van der Waals surface area contributed by atoms with E-state index in [-0.39, 0.29) is 11.9 Å². The fraction of sp³-hybridized carbons (Fsp3) is 0.417. The first-order valence-corrected chi connectivity index (χ1v) is 11.0. The second-order valence-corrected chi connectivity index (χ2v) is 8.49. The number of nitrogens with one attached hydrogen (secondary N) is 2. The summed E-state index contributed by atoms with van der Waals surface area (Å²) < 4.78 is 0. The molecule has 0 unspecified atom stereocenters. The topological polar surface area (TPSA) is 64.7 Å². The molecule has 0 radical (unpaired) electrons. The van der Waals surface area contributed by atoms with E-state index in [1.54, 1.807) is 17.0 Å². The number of urea groups is 1. The summed E-state index contributed by atoms with van der Waals surface area (Å²) in [6, 6.07) is 14.2. The summed E-state index contributed by atoms with van der Waals surface area (Å²) in [6.07, 6.45) is 6.20. The Bertz CT molecular complexity index is 952. The Morgan fingerprint density at radius 1 is 0.967 bits per heavy atom. The monoisotopic (exact) mass is 404 g/mol. The van der Waals surface area contributed by atoms with Gasteiger partial charge in [0.2, 0.25) is 0 Å². The SMILES string of the molecule is O=C(Nc1ccc2c(c1)CCN(C1CCC1)CC2)c1ccc(N2CCNC2=O)cc1. The van der Waals surface area contributed by atoms with Gasteiger partial charge in [0.15, 0.2) is 0 Å². The minimum Gasteiger partial charge on any atom is -0.336 e. The Morgan fingerprint density at radius 3 is 2.40 bits per heavy atom. The number of benzene rings is 2. The van der Waals surface area contributed by atoms with E-state index in [1.165, 1.54) is 30.4 Å². The van der Waals surface area contributed by atoms with Crippen LogP contribution in [0.15, 0.2) is 42.5 Å². The zero-order valence-electron chi connectivity index (χ0n) is 17.2. The van der Waals surface area contributed by atoms with Gasteiger partial charge in [0.05, 0.1) is 0 Å². The standard InChI is InChI=1S/C24H28N4O2/c29-23(18-5-8-22(9-6-18)28-15-12-25-24(28)30)26-20-7-4-17-10-13-27(21-2-1-3-21)14-11-19(17)16-20/h4-9,16,21H,1-3,10-15H2,(H,25,30)(H,26,29). The number of anilines is 2. The number of fused-ring (bicyclic) bond motifs is 1. The van der Waals surface area contributed by atoms with E-state index in [0.717, 1.165) is 43.3 Å². The van der Waals surface area contributed by atoms with E-state index in [1.807, 2.05) is 18.2 Å². The molecule has 2 heterocycles. The largest absolute Gasteiger partial charge is 0.336 e. The second kappa shape index (κ2) is 8.11. The molecule has 2 aromatic rings. The molecule has 2 aliphatic heterocycles. The molecule has 3 amide bonds. The zero-order valence-corrected chi connectivity index (χ0v) is 17.2. The summed E-state index contributed by atoms with van der Waals surface area (Å²) in [5.41, 5.74) is 5.00. The van der Waals surface area contributed by atoms with Crippen molar-refractivity contribution >= 4 is 23.3 Å². The number of nitrogens with zero attached hydrogens (tertiary/aromatic N) is 2. The molecule has 156 valence electrons. The fourth-order valence-electron chi connectivity index (χ4n) is 4.65. The highest BCUT2D eigenvalue weighted by Crippen LogP contribution is 2.28. The summed E-state index contributed by atoms with van der Waals surface area (Å²) in [5.74, 6) is -0.128. The molecule has 6 nitrogen and oxygen atoms in total. The molecular weight excluding hydrogens is 376 g/mol. The van der Waals surface area contributed by atoms with E-state index in [4.69, 9.17) is 0 Å². The Hall–Kier alpha value is -2.86. The lowest BCUT2D eigenvalue weighted by Gasteiger charge is -2.36. The van der Waals surface area contributed by atoms with Crippen molar-refractivity contribution in [2.24, 2.45) is 0 Å². The van der Waals surface area contributed by atoms with E-state index in [9.17, 15) is 9.59 Å². The molecule has 1 aliphatic carbocycles. The van der Waals surface area contributed by atoms with Crippen LogP contribution < -0.4 is 15.5 Å². The van der Waals surface area contributed by atoms with Gasteiger partial charge in [0, 0.05) is 49.2 Å². The van der Waals surface area contributed by atoms with Gasteiger partial charge in [-0.25, -0.2) is 4.79 Å². The third-order valence-corrected chi connectivity index (χ3v) is 6.69. The summed E-state index contributed by atoms with van der Waals surface area (Å²) in [4.78, 5) is 28.8. The maximum Gasteiger partial charge on any atom is 0.321 e. The van der Waals surface area contributed by atoms with Crippen molar-refractivity contribution in [2.45, 2.75) is 38.1 Å². The normalized spacial score (nSPS) is 19.6. The second-order valence-electron chi connectivity index (χ2n) is 8.49. The van der Waals surface area contributed by atoms with Crippen LogP contribution in [-0.2, 0) is 12.8 Å². The zero-order chi connectivity index (χ0) is 20.5. The van der Waals surface area contributed by atoms with Crippen LogP contribution >= 0.6 is 0 Å². The van der Waals surface area contributed by atoms with Gasteiger partial charge in [-0.3, -0.25) is 14.6 Å². The minimum absolute atomic E-state index is 0.0898. The van der Waals surface area contributed by atoms with Gasteiger partial charge >= 0.3 is 6.03 Å². The quantitative estimate of drug-likeness (QED) is 0.821. The van der Waals surface area contributed by atoms with Crippen LogP contribution in [0.4, 0.5) is 16.2 Å². The van der Waals surface area contributed by atoms with Crippen molar-refractivity contribution in [3.8, 4) is 0 Å². The number of amides is 3. The maximum atomic E-state index is 12.7. The first-order valence-electron chi connectivity index (χ1n) is 11.0. The number of carbonyl (C=O) groups excluding carboxylic acids is 2. The number of hydrogen-bond acceptors (Lipinski definition) is 3. The van der Waals surface area contributed by atoms with Gasteiger partial charge in [-0.1, -0.05) is 12.5 Å². The van der Waals surface area contributed by atoms with E-state index >= 15 is 0 Å². The lowest BCUT2D eigenvalue weighted by atomic mass is 9.91. The van der Waals surface area contributed by atoms with Gasteiger partial charge in [-0.2, -0.15) is 0 Å². The van der Waals surface area contributed by atoms with Crippen LogP contribution in [0.2, 0.25) is 0 Å². The van der Waals surface area contributed by atoms with Crippen molar-refractivity contribution in [2.75, 3.05) is 36.4 Å². The Labute approximate surface area is 177 Å². The van der Waals surface area contributed by atoms with Crippen molar-refractivity contribution in [3.05, 3.63) is 59.2 Å². The van der Waals surface area contributed by atoms with Crippen LogP contribution in [0.25, 0.3) is 0 Å². The molecule has 3 aliphatic rings. The number of rotatable bonds is 4. The van der Waals surface area contributed by atoms with Gasteiger partial charge in [-0.15, -0.1) is 0 Å². The predicted molar refractivity (Wildman–Crippen MR) is 118 cm³/mol. The van der Waals surface area contributed by atoms with Crippen molar-refractivity contribution in [1.29, 1.82) is 0 Å². The molecule has 0 aromatic heterocycles. The molecule has 0 bridgehead atoms. The molecule has 1 saturated heterocycles. The summed E-state index contributed by atoms with van der Waals surface area (Å²) in [5, 5.41) is 5.82. The van der Waals surface area contributed by atoms with Crippen LogP contribution in [0.3, 0.4) is 0 Å². The fourth-order valence-corrected chi connectivity index (χ4v) is 4.65. The summed E-state index contributed by atoms with van der Waals surface area (Å²) in [6.45, 7) is 3.56. The highest BCUT2D eigenvalue weighted by Gasteiger charge is 2.26. The van der Waals surface area contributed by atoms with Crippen LogP contribution in [0, 0.1) is 0 Å². The average Bonchev–Trinajstić information content (AvgIpc) is 3.04. The third kappa shape index (κ3) is 3.79. The van der Waals surface area contributed by atoms with Crippen LogP contribution in [-0.4, -0.2) is 49.1 Å². The molecule has 6 heteroatoms. The molecule has 0 spiro atoms. The first kappa shape index (κ1) is 19.1. The number of carbonyl (C=O) groups is 2. The lowest BCUT2D eigenvalue weighted by molar-refractivity contribution is 0.102. The van der Waals surface area contributed by atoms with Gasteiger partial charge in [0.1, 0.15) is 0 Å². The molecule has 2 N–H and O–H groups in total. The smallest absolute Gasteiger partial charge is 0.321 e. The summed E-state index contributed by atoms with van der Waals surface area (Å²) in [7, 11) is 0. The molecule has 2 aromatic carbocycles. The number of hydrogen-bond donors (Lipinski definition) is 2. The average molecular weight is 405 g/mol. The van der Waals surface area contributed by atoms with Crippen molar-refractivity contribution < 1.29 is 9.59 Å². The first-order chi connectivity index (χ1) is 14.7. The van der Waals surface area contributed by atoms with E-state index in [2.05, 4.69) is 27.7 Å². The van der Waals surface area contributed by atoms with Crippen molar-refractivity contribution in [1.82, 2.24) is 10.2 Å². The molecule has 0 atom stereocenters. The third-order valence-electron chi connectivity index (χ3n) is 6.69. The Morgan fingerprint density at radius 2 is 1.73 bits per heavy atom. The Kier molecular flexibility index (Phi) is 5.17. The highest BCUT2D eigenvalue weighted by molar-refractivity contribution is 6.04. The lowest BCUT2D eigenvalue weighted by Crippen LogP contribution is -2.41.